The molecule has 0 radical (unpaired) electrons. The van der Waals surface area contributed by atoms with Crippen LogP contribution in [-0.4, -0.2) is 50.7 Å². The molecule has 1 unspecified atom stereocenters. The number of nitrogens with zero attached hydrogens (tertiary/aromatic N) is 5. The minimum atomic E-state index is -0.493. The van der Waals surface area contributed by atoms with Crippen molar-refractivity contribution < 1.29 is 9.18 Å². The van der Waals surface area contributed by atoms with Gasteiger partial charge in [0.1, 0.15) is 5.52 Å². The number of hydrogen-bond donors (Lipinski definition) is 2. The fourth-order valence-electron chi connectivity index (χ4n) is 4.51. The third-order valence-corrected chi connectivity index (χ3v) is 5.98. The summed E-state index contributed by atoms with van der Waals surface area (Å²) in [5.41, 5.74) is 3.40. The molecule has 170 valence electrons. The number of anilines is 2. The Morgan fingerprint density at radius 1 is 1.33 bits per heavy atom. The van der Waals surface area contributed by atoms with Gasteiger partial charge in [0.05, 0.1) is 16.9 Å². The summed E-state index contributed by atoms with van der Waals surface area (Å²) in [6.07, 6.45) is 8.21. The molecule has 33 heavy (non-hydrogen) atoms. The SMILES string of the molecule is C=CCNC1CCN(c2ccc(C(=O)Nc3cc(F)c4nc(C)cn4c3)c3nn(C)cc23)C1. The highest BCUT2D eigenvalue weighted by Crippen LogP contribution is 2.31. The Morgan fingerprint density at radius 2 is 2.18 bits per heavy atom. The zero-order valence-electron chi connectivity index (χ0n) is 18.7. The van der Waals surface area contributed by atoms with E-state index in [2.05, 4.69) is 32.2 Å². The van der Waals surface area contributed by atoms with Crippen molar-refractivity contribution in [3.05, 3.63) is 66.5 Å². The Morgan fingerprint density at radius 3 is 3.00 bits per heavy atom. The molecular formula is C24H26FN7O. The number of aryl methyl sites for hydroxylation is 2. The van der Waals surface area contributed by atoms with E-state index >= 15 is 0 Å². The Hall–Kier alpha value is -3.72. The summed E-state index contributed by atoms with van der Waals surface area (Å²) in [6.45, 7) is 8.15. The summed E-state index contributed by atoms with van der Waals surface area (Å²) in [5, 5.41) is 11.8. The van der Waals surface area contributed by atoms with Crippen molar-refractivity contribution in [3.8, 4) is 0 Å². The Labute approximate surface area is 190 Å². The molecule has 1 aliphatic rings. The van der Waals surface area contributed by atoms with Crippen LogP contribution >= 0.6 is 0 Å². The minimum absolute atomic E-state index is 0.230. The lowest BCUT2D eigenvalue weighted by Gasteiger charge is -2.20. The molecular weight excluding hydrogens is 421 g/mol. The number of hydrogen-bond acceptors (Lipinski definition) is 5. The first-order valence-electron chi connectivity index (χ1n) is 10.9. The molecule has 2 N–H and O–H groups in total. The highest BCUT2D eigenvalue weighted by Gasteiger charge is 2.25. The van der Waals surface area contributed by atoms with Gasteiger partial charge in [-0.3, -0.25) is 9.48 Å². The molecule has 1 atom stereocenters. The summed E-state index contributed by atoms with van der Waals surface area (Å²) in [4.78, 5) is 19.6. The number of aromatic nitrogens is 4. The van der Waals surface area contributed by atoms with Crippen molar-refractivity contribution in [1.29, 1.82) is 0 Å². The number of imidazole rings is 1. The molecule has 3 aromatic heterocycles. The molecule has 8 nitrogen and oxygen atoms in total. The van der Waals surface area contributed by atoms with Crippen molar-refractivity contribution in [2.24, 2.45) is 7.05 Å². The van der Waals surface area contributed by atoms with Crippen molar-refractivity contribution in [2.45, 2.75) is 19.4 Å². The van der Waals surface area contributed by atoms with Gasteiger partial charge in [-0.1, -0.05) is 6.08 Å². The molecule has 4 heterocycles. The van der Waals surface area contributed by atoms with E-state index in [0.29, 0.717) is 28.5 Å². The first-order chi connectivity index (χ1) is 15.9. The maximum absolute atomic E-state index is 14.4. The van der Waals surface area contributed by atoms with E-state index in [1.165, 1.54) is 6.07 Å². The van der Waals surface area contributed by atoms with Gasteiger partial charge >= 0.3 is 0 Å². The predicted octanol–water partition coefficient (Wildman–Crippen LogP) is 3.28. The van der Waals surface area contributed by atoms with Crippen LogP contribution in [0.4, 0.5) is 15.8 Å². The predicted molar refractivity (Wildman–Crippen MR) is 127 cm³/mol. The lowest BCUT2D eigenvalue weighted by Crippen LogP contribution is -2.32. The number of nitrogens with one attached hydrogen (secondary N) is 2. The molecule has 1 amide bonds. The van der Waals surface area contributed by atoms with Crippen LogP contribution in [0.5, 0.6) is 0 Å². The van der Waals surface area contributed by atoms with Gasteiger partial charge in [0.25, 0.3) is 5.91 Å². The molecule has 4 aromatic rings. The van der Waals surface area contributed by atoms with Gasteiger partial charge < -0.3 is 19.9 Å². The quantitative estimate of drug-likeness (QED) is 0.444. The standard InChI is InChI=1S/C24H26FN7O/c1-4-8-26-16-7-9-31(12-16)21-6-5-18(22-19(21)14-30(3)29-22)24(33)28-17-10-20(25)23-27-15(2)11-32(23)13-17/h4-6,10-11,13-14,16,26H,1,7-9,12H2,2-3H3,(H,28,33). The zero-order valence-corrected chi connectivity index (χ0v) is 18.7. The summed E-state index contributed by atoms with van der Waals surface area (Å²) in [7, 11) is 1.84. The van der Waals surface area contributed by atoms with Crippen LogP contribution in [0.15, 0.2) is 49.4 Å². The van der Waals surface area contributed by atoms with Gasteiger partial charge in [0.15, 0.2) is 11.5 Å². The number of pyridine rings is 1. The number of carbonyl (C=O) groups excluding carboxylic acids is 1. The van der Waals surface area contributed by atoms with Gasteiger partial charge in [-0.15, -0.1) is 6.58 Å². The van der Waals surface area contributed by atoms with E-state index in [1.54, 1.807) is 34.5 Å². The van der Waals surface area contributed by atoms with Crippen LogP contribution < -0.4 is 15.5 Å². The number of rotatable bonds is 6. The molecule has 0 spiro atoms. The molecule has 5 rings (SSSR count). The summed E-state index contributed by atoms with van der Waals surface area (Å²) in [6, 6.07) is 5.44. The second kappa shape index (κ2) is 8.32. The average molecular weight is 448 g/mol. The Bertz CT molecular complexity index is 1370. The highest BCUT2D eigenvalue weighted by molar-refractivity contribution is 6.13. The van der Waals surface area contributed by atoms with Crippen molar-refractivity contribution in [2.75, 3.05) is 29.9 Å². The molecule has 0 aliphatic carbocycles. The fraction of sp³-hybridized carbons (Fsp3) is 0.292. The first kappa shape index (κ1) is 21.1. The molecule has 1 aromatic carbocycles. The van der Waals surface area contributed by atoms with Crippen LogP contribution in [-0.2, 0) is 7.05 Å². The summed E-state index contributed by atoms with van der Waals surface area (Å²) >= 11 is 0. The molecule has 9 heteroatoms. The van der Waals surface area contributed by atoms with Crippen LogP contribution in [0.25, 0.3) is 16.6 Å². The van der Waals surface area contributed by atoms with Gasteiger partial charge in [-0.25, -0.2) is 9.37 Å². The van der Waals surface area contributed by atoms with E-state index in [0.717, 1.165) is 37.1 Å². The van der Waals surface area contributed by atoms with Crippen LogP contribution in [0.2, 0.25) is 0 Å². The van der Waals surface area contributed by atoms with Crippen molar-refractivity contribution in [3.63, 3.8) is 0 Å². The van der Waals surface area contributed by atoms with Gasteiger partial charge in [-0.2, -0.15) is 5.10 Å². The van der Waals surface area contributed by atoms with E-state index in [9.17, 15) is 9.18 Å². The Balaban J connectivity index is 1.44. The first-order valence-corrected chi connectivity index (χ1v) is 10.9. The smallest absolute Gasteiger partial charge is 0.257 e. The van der Waals surface area contributed by atoms with Crippen LogP contribution in [0.3, 0.4) is 0 Å². The molecule has 1 aliphatic heterocycles. The third kappa shape index (κ3) is 3.95. The molecule has 1 saturated heterocycles. The molecule has 1 fully saturated rings. The van der Waals surface area contributed by atoms with E-state index in [-0.39, 0.29) is 11.6 Å². The maximum Gasteiger partial charge on any atom is 0.257 e. The summed E-state index contributed by atoms with van der Waals surface area (Å²) in [5.74, 6) is -0.833. The van der Waals surface area contributed by atoms with Gasteiger partial charge in [0.2, 0.25) is 0 Å². The average Bonchev–Trinajstić information content (AvgIpc) is 3.48. The van der Waals surface area contributed by atoms with Crippen LogP contribution in [0.1, 0.15) is 22.5 Å². The number of amides is 1. The summed E-state index contributed by atoms with van der Waals surface area (Å²) < 4.78 is 17.7. The number of fused-ring (bicyclic) bond motifs is 2. The van der Waals surface area contributed by atoms with Gasteiger partial charge in [-0.05, 0) is 25.5 Å². The highest BCUT2D eigenvalue weighted by atomic mass is 19.1. The Kier molecular flexibility index (Phi) is 5.33. The zero-order chi connectivity index (χ0) is 23.1. The lowest BCUT2D eigenvalue weighted by atomic mass is 10.1. The molecule has 0 saturated carbocycles. The monoisotopic (exact) mass is 447 g/mol. The fourth-order valence-corrected chi connectivity index (χ4v) is 4.51. The number of halogens is 1. The third-order valence-electron chi connectivity index (χ3n) is 5.98. The van der Waals surface area contributed by atoms with Crippen molar-refractivity contribution >= 4 is 33.8 Å². The normalized spacial score (nSPS) is 16.1. The topological polar surface area (TPSA) is 79.5 Å². The minimum Gasteiger partial charge on any atom is -0.369 e. The lowest BCUT2D eigenvalue weighted by molar-refractivity contribution is 0.102. The maximum atomic E-state index is 14.4. The number of benzene rings is 1. The second-order valence-electron chi connectivity index (χ2n) is 8.47. The van der Waals surface area contributed by atoms with Gasteiger partial charge in [0, 0.05) is 68.5 Å². The molecule has 0 bridgehead atoms. The second-order valence-corrected chi connectivity index (χ2v) is 8.47. The van der Waals surface area contributed by atoms with Crippen LogP contribution in [0, 0.1) is 12.7 Å². The number of carbonyl (C=O) groups is 1. The van der Waals surface area contributed by atoms with E-state index < -0.39 is 5.82 Å². The largest absolute Gasteiger partial charge is 0.369 e. The van der Waals surface area contributed by atoms with E-state index in [4.69, 9.17) is 0 Å². The van der Waals surface area contributed by atoms with Crippen molar-refractivity contribution in [1.82, 2.24) is 24.5 Å². The van der Waals surface area contributed by atoms with E-state index in [1.807, 2.05) is 25.4 Å².